The van der Waals surface area contributed by atoms with Crippen LogP contribution < -0.4 is 10.2 Å². The first-order valence-corrected chi connectivity index (χ1v) is 23.1. The van der Waals surface area contributed by atoms with E-state index in [1.54, 1.807) is 0 Å². The van der Waals surface area contributed by atoms with Crippen LogP contribution in [0, 0.1) is 0 Å². The van der Waals surface area contributed by atoms with Gasteiger partial charge in [0.2, 0.25) is 5.91 Å². The topological polar surface area (TPSA) is 108 Å². The lowest BCUT2D eigenvalue weighted by Gasteiger charge is -2.30. The molecule has 0 aromatic carbocycles. The number of carbonyl (C=O) groups excluding carboxylic acids is 1. The van der Waals surface area contributed by atoms with Crippen LogP contribution in [-0.2, 0) is 18.4 Å². The maximum Gasteiger partial charge on any atom is 0.268 e. The van der Waals surface area contributed by atoms with Crippen molar-refractivity contribution in [3.05, 3.63) is 24.3 Å². The first-order chi connectivity index (χ1) is 25.0. The van der Waals surface area contributed by atoms with Crippen molar-refractivity contribution in [1.82, 2.24) is 5.32 Å². The number of amides is 1. The van der Waals surface area contributed by atoms with Crippen LogP contribution >= 0.6 is 7.82 Å². The molecule has 3 atom stereocenters. The number of phosphoric acid groups is 1. The summed E-state index contributed by atoms with van der Waals surface area (Å²) in [6.07, 6.45) is 40.3. The Morgan fingerprint density at radius 1 is 0.673 bits per heavy atom. The Hall–Kier alpha value is -1.02. The quantitative estimate of drug-likeness (QED) is 0.0280. The van der Waals surface area contributed by atoms with Crippen LogP contribution in [0.5, 0.6) is 0 Å². The highest BCUT2D eigenvalue weighted by molar-refractivity contribution is 7.45. The number of nitrogens with zero attached hydrogens (tertiary/aromatic N) is 1. The highest BCUT2D eigenvalue weighted by atomic mass is 31.2. The Labute approximate surface area is 322 Å². The van der Waals surface area contributed by atoms with Crippen LogP contribution in [0.1, 0.15) is 194 Å². The fourth-order valence-electron chi connectivity index (χ4n) is 6.19. The van der Waals surface area contributed by atoms with Gasteiger partial charge in [-0.1, -0.05) is 167 Å². The number of quaternary nitrogens is 1. The molecule has 0 aliphatic rings. The summed E-state index contributed by atoms with van der Waals surface area (Å²) in [4.78, 5) is 25.3. The Bertz CT molecular complexity index is 907. The molecule has 52 heavy (non-hydrogen) atoms. The SMILES string of the molecule is CCCCC/C=C\C/C=C\CCCCCCCCCC(=O)NC(COP(=O)([O-])OCC[N+](C)(C)C)C(O)CCCCCCCCCCCCCCC. The summed E-state index contributed by atoms with van der Waals surface area (Å²) in [5.74, 6) is -0.174. The van der Waals surface area contributed by atoms with Gasteiger partial charge in [-0.2, -0.15) is 0 Å². The van der Waals surface area contributed by atoms with Gasteiger partial charge < -0.3 is 28.8 Å². The first kappa shape index (κ1) is 51.0. The van der Waals surface area contributed by atoms with Crippen molar-refractivity contribution in [3.8, 4) is 0 Å². The third kappa shape index (κ3) is 37.3. The standard InChI is InChI=1S/C43H85N2O6P/c1-6-8-10-12-14-16-18-20-21-22-23-25-27-29-31-33-35-37-43(47)44-41(40-51-52(48,49)50-39-38-45(3,4)5)42(46)36-34-32-30-28-26-24-19-17-15-13-11-9-7-2/h14,16,20-21,41-42,46H,6-13,15,17-19,22-40H2,1-5H3,(H-,44,47,48,49)/b16-14-,21-20-. The minimum absolute atomic E-state index is 0.0109. The van der Waals surface area contributed by atoms with Crippen LogP contribution in [0.25, 0.3) is 0 Å². The molecule has 1 amide bonds. The molecule has 9 heteroatoms. The molecule has 0 fully saturated rings. The molecular weight excluding hydrogens is 671 g/mol. The van der Waals surface area contributed by atoms with Crippen molar-refractivity contribution in [1.29, 1.82) is 0 Å². The van der Waals surface area contributed by atoms with Crippen LogP contribution in [0.15, 0.2) is 24.3 Å². The van der Waals surface area contributed by atoms with E-state index in [-0.39, 0.29) is 19.1 Å². The van der Waals surface area contributed by atoms with Crippen molar-refractivity contribution in [2.24, 2.45) is 0 Å². The summed E-state index contributed by atoms with van der Waals surface area (Å²) in [6.45, 7) is 4.68. The summed E-state index contributed by atoms with van der Waals surface area (Å²) < 4.78 is 23.2. The Morgan fingerprint density at radius 3 is 1.63 bits per heavy atom. The molecule has 0 saturated heterocycles. The van der Waals surface area contributed by atoms with Gasteiger partial charge in [0, 0.05) is 6.42 Å². The summed E-state index contributed by atoms with van der Waals surface area (Å²) >= 11 is 0. The lowest BCUT2D eigenvalue weighted by Crippen LogP contribution is -2.46. The van der Waals surface area contributed by atoms with Gasteiger partial charge in [0.1, 0.15) is 13.2 Å². The van der Waals surface area contributed by atoms with Gasteiger partial charge in [-0.25, -0.2) is 0 Å². The minimum Gasteiger partial charge on any atom is -0.756 e. The lowest BCUT2D eigenvalue weighted by molar-refractivity contribution is -0.870. The molecule has 0 radical (unpaired) electrons. The number of carbonyl (C=O) groups is 1. The average molecular weight is 757 g/mol. The molecule has 0 rings (SSSR count). The second-order valence-electron chi connectivity index (χ2n) is 16.1. The number of hydrogen-bond donors (Lipinski definition) is 2. The van der Waals surface area contributed by atoms with Crippen molar-refractivity contribution in [2.45, 2.75) is 206 Å². The predicted molar refractivity (Wildman–Crippen MR) is 219 cm³/mol. The van der Waals surface area contributed by atoms with Gasteiger partial charge in [-0.15, -0.1) is 0 Å². The number of phosphoric ester groups is 1. The lowest BCUT2D eigenvalue weighted by atomic mass is 10.0. The molecular formula is C43H85N2O6P. The molecule has 308 valence electrons. The molecule has 3 unspecified atom stereocenters. The Morgan fingerprint density at radius 2 is 1.12 bits per heavy atom. The third-order valence-corrected chi connectivity index (χ3v) is 10.7. The van der Waals surface area contributed by atoms with Crippen molar-refractivity contribution < 1.29 is 32.9 Å². The molecule has 0 spiro atoms. The number of allylic oxidation sites excluding steroid dienone is 4. The van der Waals surface area contributed by atoms with Crippen LogP contribution in [0.4, 0.5) is 0 Å². The van der Waals surface area contributed by atoms with E-state index in [1.807, 2.05) is 21.1 Å². The fourth-order valence-corrected chi connectivity index (χ4v) is 6.91. The van der Waals surface area contributed by atoms with Crippen LogP contribution in [-0.4, -0.2) is 68.5 Å². The van der Waals surface area contributed by atoms with E-state index in [1.165, 1.54) is 116 Å². The van der Waals surface area contributed by atoms with Gasteiger partial charge in [-0.3, -0.25) is 9.36 Å². The van der Waals surface area contributed by atoms with Crippen molar-refractivity contribution in [2.75, 3.05) is 40.9 Å². The normalized spacial score (nSPS) is 14.7. The van der Waals surface area contributed by atoms with E-state index < -0.39 is 20.0 Å². The molecule has 0 aromatic rings. The molecule has 0 bridgehead atoms. The molecule has 8 nitrogen and oxygen atoms in total. The molecule has 0 aliphatic heterocycles. The second-order valence-corrected chi connectivity index (χ2v) is 17.5. The number of aliphatic hydroxyl groups is 1. The maximum atomic E-state index is 12.8. The molecule has 0 heterocycles. The van der Waals surface area contributed by atoms with E-state index >= 15 is 0 Å². The van der Waals surface area contributed by atoms with Gasteiger partial charge in [0.05, 0.1) is 39.9 Å². The Balaban J connectivity index is 4.39. The highest BCUT2D eigenvalue weighted by Crippen LogP contribution is 2.38. The van der Waals surface area contributed by atoms with Gasteiger partial charge in [-0.05, 0) is 44.9 Å². The van der Waals surface area contributed by atoms with E-state index in [0.717, 1.165) is 51.4 Å². The maximum absolute atomic E-state index is 12.8. The number of likely N-dealkylation sites (N-methyl/N-ethyl adjacent to an activating group) is 1. The zero-order valence-corrected chi connectivity index (χ0v) is 35.7. The second kappa shape index (κ2) is 35.7. The average Bonchev–Trinajstić information content (AvgIpc) is 3.09. The molecule has 0 aliphatic carbocycles. The molecule has 0 aromatic heterocycles. The van der Waals surface area contributed by atoms with E-state index in [4.69, 9.17) is 9.05 Å². The number of nitrogens with one attached hydrogen (secondary N) is 1. The zero-order chi connectivity index (χ0) is 38.6. The summed E-state index contributed by atoms with van der Waals surface area (Å²) in [6, 6.07) is -0.801. The van der Waals surface area contributed by atoms with Gasteiger partial charge >= 0.3 is 0 Å². The predicted octanol–water partition coefficient (Wildman–Crippen LogP) is 11.1. The monoisotopic (exact) mass is 757 g/mol. The van der Waals surface area contributed by atoms with Crippen LogP contribution in [0.3, 0.4) is 0 Å². The Kier molecular flexibility index (Phi) is 35.0. The largest absolute Gasteiger partial charge is 0.756 e. The summed E-state index contributed by atoms with van der Waals surface area (Å²) in [5, 5.41) is 13.9. The number of unbranched alkanes of at least 4 members (excludes halogenated alkanes) is 22. The first-order valence-electron chi connectivity index (χ1n) is 21.7. The van der Waals surface area contributed by atoms with E-state index in [9.17, 15) is 19.4 Å². The molecule has 0 saturated carbocycles. The zero-order valence-electron chi connectivity index (χ0n) is 34.8. The summed E-state index contributed by atoms with van der Waals surface area (Å²) in [5.41, 5.74) is 0. The number of rotatable bonds is 39. The number of aliphatic hydroxyl groups excluding tert-OH is 1. The smallest absolute Gasteiger partial charge is 0.268 e. The van der Waals surface area contributed by atoms with E-state index in [0.29, 0.717) is 23.9 Å². The van der Waals surface area contributed by atoms with Gasteiger partial charge in [0.25, 0.3) is 7.82 Å². The minimum atomic E-state index is -4.56. The third-order valence-electron chi connectivity index (χ3n) is 9.69. The molecule has 2 N–H and O–H groups in total. The van der Waals surface area contributed by atoms with Gasteiger partial charge in [0.15, 0.2) is 0 Å². The van der Waals surface area contributed by atoms with E-state index in [2.05, 4.69) is 43.5 Å². The summed E-state index contributed by atoms with van der Waals surface area (Å²) in [7, 11) is 1.30. The fraction of sp³-hybridized carbons (Fsp3) is 0.884. The van der Waals surface area contributed by atoms with Crippen LogP contribution in [0.2, 0.25) is 0 Å². The highest BCUT2D eigenvalue weighted by Gasteiger charge is 2.24. The van der Waals surface area contributed by atoms with Crippen molar-refractivity contribution in [3.63, 3.8) is 0 Å². The number of hydrogen-bond acceptors (Lipinski definition) is 6. The van der Waals surface area contributed by atoms with Crippen molar-refractivity contribution >= 4 is 13.7 Å².